The molecular weight excluding hydrogens is 264 g/mol. The SMILES string of the molecule is CCC(C)NC(=O)C(C)S(=O)(=O)c1cccc(N)c1. The number of nitrogen functional groups attached to an aromatic ring is 1. The molecule has 0 saturated heterocycles. The molecule has 0 fully saturated rings. The lowest BCUT2D eigenvalue weighted by Crippen LogP contribution is -2.42. The normalized spacial score (nSPS) is 14.7. The lowest BCUT2D eigenvalue weighted by Gasteiger charge is -2.17. The predicted molar refractivity (Wildman–Crippen MR) is 75.4 cm³/mol. The summed E-state index contributed by atoms with van der Waals surface area (Å²) in [7, 11) is -3.71. The number of hydrogen-bond acceptors (Lipinski definition) is 4. The fourth-order valence-electron chi connectivity index (χ4n) is 1.50. The molecule has 5 nitrogen and oxygen atoms in total. The third kappa shape index (κ3) is 3.70. The topological polar surface area (TPSA) is 89.3 Å². The van der Waals surface area contributed by atoms with E-state index in [1.807, 2.05) is 13.8 Å². The van der Waals surface area contributed by atoms with Crippen molar-refractivity contribution in [1.29, 1.82) is 0 Å². The Morgan fingerprint density at radius 1 is 1.37 bits per heavy atom. The Morgan fingerprint density at radius 2 is 2.00 bits per heavy atom. The summed E-state index contributed by atoms with van der Waals surface area (Å²) in [5.74, 6) is -0.489. The van der Waals surface area contributed by atoms with Gasteiger partial charge in [-0.1, -0.05) is 13.0 Å². The summed E-state index contributed by atoms with van der Waals surface area (Å²) in [6.07, 6.45) is 0.747. The van der Waals surface area contributed by atoms with Crippen LogP contribution in [0.1, 0.15) is 27.2 Å². The molecule has 3 N–H and O–H groups in total. The van der Waals surface area contributed by atoms with Gasteiger partial charge in [-0.05, 0) is 38.5 Å². The van der Waals surface area contributed by atoms with Crippen molar-refractivity contribution in [2.24, 2.45) is 0 Å². The van der Waals surface area contributed by atoms with E-state index < -0.39 is 21.0 Å². The molecule has 0 bridgehead atoms. The van der Waals surface area contributed by atoms with Gasteiger partial charge in [0.25, 0.3) is 0 Å². The molecule has 0 saturated carbocycles. The summed E-state index contributed by atoms with van der Waals surface area (Å²) in [5, 5.41) is 1.53. The van der Waals surface area contributed by atoms with Gasteiger partial charge < -0.3 is 11.1 Å². The van der Waals surface area contributed by atoms with Crippen molar-refractivity contribution >= 4 is 21.4 Å². The maximum Gasteiger partial charge on any atom is 0.238 e. The van der Waals surface area contributed by atoms with Crippen molar-refractivity contribution in [1.82, 2.24) is 5.32 Å². The maximum absolute atomic E-state index is 12.3. The second-order valence-corrected chi connectivity index (χ2v) is 6.85. The van der Waals surface area contributed by atoms with Crippen LogP contribution < -0.4 is 11.1 Å². The van der Waals surface area contributed by atoms with E-state index in [0.717, 1.165) is 6.42 Å². The molecule has 1 amide bonds. The zero-order chi connectivity index (χ0) is 14.6. The van der Waals surface area contributed by atoms with E-state index in [1.54, 1.807) is 12.1 Å². The summed E-state index contributed by atoms with van der Waals surface area (Å²) < 4.78 is 24.6. The van der Waals surface area contributed by atoms with Crippen LogP contribution in [-0.4, -0.2) is 25.6 Å². The second-order valence-electron chi connectivity index (χ2n) is 4.58. The lowest BCUT2D eigenvalue weighted by molar-refractivity contribution is -0.121. The molecule has 1 aromatic carbocycles. The fraction of sp³-hybridized carbons (Fsp3) is 0.462. The molecule has 0 aliphatic heterocycles. The van der Waals surface area contributed by atoms with Gasteiger partial charge in [0.15, 0.2) is 9.84 Å². The van der Waals surface area contributed by atoms with E-state index in [2.05, 4.69) is 5.32 Å². The Bertz CT molecular complexity index is 555. The van der Waals surface area contributed by atoms with Crippen LogP contribution in [0, 0.1) is 0 Å². The number of carbonyl (C=O) groups excluding carboxylic acids is 1. The van der Waals surface area contributed by atoms with Gasteiger partial charge in [-0.15, -0.1) is 0 Å². The molecule has 19 heavy (non-hydrogen) atoms. The number of hydrogen-bond donors (Lipinski definition) is 2. The summed E-state index contributed by atoms with van der Waals surface area (Å²) in [5.41, 5.74) is 5.93. The first kappa shape index (κ1) is 15.5. The predicted octanol–water partition coefficient (Wildman–Crippen LogP) is 1.35. The van der Waals surface area contributed by atoms with Gasteiger partial charge in [0, 0.05) is 11.7 Å². The van der Waals surface area contributed by atoms with Crippen molar-refractivity contribution in [2.75, 3.05) is 5.73 Å². The molecule has 0 heterocycles. The number of carbonyl (C=O) groups is 1. The van der Waals surface area contributed by atoms with Crippen LogP contribution in [0.4, 0.5) is 5.69 Å². The highest BCUT2D eigenvalue weighted by Crippen LogP contribution is 2.18. The van der Waals surface area contributed by atoms with Crippen molar-refractivity contribution in [3.63, 3.8) is 0 Å². The van der Waals surface area contributed by atoms with Gasteiger partial charge in [-0.3, -0.25) is 4.79 Å². The van der Waals surface area contributed by atoms with Crippen molar-refractivity contribution < 1.29 is 13.2 Å². The molecule has 1 rings (SSSR count). The molecule has 2 unspecified atom stereocenters. The Labute approximate surface area is 114 Å². The van der Waals surface area contributed by atoms with E-state index in [9.17, 15) is 13.2 Å². The van der Waals surface area contributed by atoms with Crippen LogP contribution in [0.5, 0.6) is 0 Å². The number of anilines is 1. The molecule has 0 aliphatic carbocycles. The molecule has 2 atom stereocenters. The first-order valence-corrected chi connectivity index (χ1v) is 7.73. The van der Waals surface area contributed by atoms with E-state index in [4.69, 9.17) is 5.73 Å². The maximum atomic E-state index is 12.3. The highest BCUT2D eigenvalue weighted by Gasteiger charge is 2.30. The Balaban J connectivity index is 2.97. The third-order valence-electron chi connectivity index (χ3n) is 3.02. The first-order chi connectivity index (χ1) is 8.78. The minimum absolute atomic E-state index is 0.0500. The van der Waals surface area contributed by atoms with Crippen LogP contribution in [0.25, 0.3) is 0 Å². The van der Waals surface area contributed by atoms with Crippen LogP contribution in [-0.2, 0) is 14.6 Å². The van der Waals surface area contributed by atoms with Crippen LogP contribution in [0.3, 0.4) is 0 Å². The van der Waals surface area contributed by atoms with Crippen LogP contribution in [0.15, 0.2) is 29.2 Å². The quantitative estimate of drug-likeness (QED) is 0.799. The largest absolute Gasteiger partial charge is 0.399 e. The number of sulfone groups is 1. The second kappa shape index (κ2) is 6.06. The average molecular weight is 284 g/mol. The third-order valence-corrected chi connectivity index (χ3v) is 5.08. The number of nitrogens with two attached hydrogens (primary N) is 1. The minimum atomic E-state index is -3.71. The highest BCUT2D eigenvalue weighted by molar-refractivity contribution is 7.92. The molecule has 0 aliphatic rings. The number of rotatable bonds is 5. The molecule has 0 spiro atoms. The van der Waals surface area contributed by atoms with Crippen molar-refractivity contribution in [2.45, 2.75) is 43.4 Å². The average Bonchev–Trinajstić information content (AvgIpc) is 2.37. The zero-order valence-electron chi connectivity index (χ0n) is 11.4. The Hall–Kier alpha value is -1.56. The smallest absolute Gasteiger partial charge is 0.238 e. The molecule has 1 aromatic rings. The molecule has 0 radical (unpaired) electrons. The molecule has 106 valence electrons. The van der Waals surface area contributed by atoms with E-state index in [-0.39, 0.29) is 10.9 Å². The van der Waals surface area contributed by atoms with Gasteiger partial charge in [0.05, 0.1) is 4.90 Å². The van der Waals surface area contributed by atoms with Crippen LogP contribution >= 0.6 is 0 Å². The minimum Gasteiger partial charge on any atom is -0.399 e. The Morgan fingerprint density at radius 3 is 2.53 bits per heavy atom. The summed E-state index contributed by atoms with van der Waals surface area (Å²) in [6, 6.07) is 5.91. The fourth-order valence-corrected chi connectivity index (χ4v) is 2.83. The summed E-state index contributed by atoms with van der Waals surface area (Å²) >= 11 is 0. The lowest BCUT2D eigenvalue weighted by atomic mass is 10.2. The number of amides is 1. The van der Waals surface area contributed by atoms with Crippen molar-refractivity contribution in [3.8, 4) is 0 Å². The Kier molecular flexibility index (Phi) is 4.94. The molecule has 0 aromatic heterocycles. The summed E-state index contributed by atoms with van der Waals surface area (Å²) in [4.78, 5) is 12.0. The number of nitrogens with one attached hydrogen (secondary N) is 1. The summed E-state index contributed by atoms with van der Waals surface area (Å²) in [6.45, 7) is 5.13. The van der Waals surface area contributed by atoms with Gasteiger partial charge in [0.1, 0.15) is 5.25 Å². The molecular formula is C13H20N2O3S. The van der Waals surface area contributed by atoms with Crippen LogP contribution in [0.2, 0.25) is 0 Å². The van der Waals surface area contributed by atoms with Gasteiger partial charge >= 0.3 is 0 Å². The molecule has 6 heteroatoms. The van der Waals surface area contributed by atoms with Gasteiger partial charge in [-0.2, -0.15) is 0 Å². The van der Waals surface area contributed by atoms with E-state index >= 15 is 0 Å². The first-order valence-electron chi connectivity index (χ1n) is 6.18. The number of benzene rings is 1. The standard InChI is InChI=1S/C13H20N2O3S/c1-4-9(2)15-13(16)10(3)19(17,18)12-7-5-6-11(14)8-12/h5-10H,4,14H2,1-3H3,(H,15,16). The van der Waals surface area contributed by atoms with Gasteiger partial charge in [0.2, 0.25) is 5.91 Å². The van der Waals surface area contributed by atoms with E-state index in [1.165, 1.54) is 19.1 Å². The van der Waals surface area contributed by atoms with Crippen molar-refractivity contribution in [3.05, 3.63) is 24.3 Å². The highest BCUT2D eigenvalue weighted by atomic mass is 32.2. The van der Waals surface area contributed by atoms with Gasteiger partial charge in [-0.25, -0.2) is 8.42 Å². The monoisotopic (exact) mass is 284 g/mol. The van der Waals surface area contributed by atoms with E-state index in [0.29, 0.717) is 5.69 Å². The zero-order valence-corrected chi connectivity index (χ0v) is 12.2.